The van der Waals surface area contributed by atoms with Gasteiger partial charge in [0.2, 0.25) is 0 Å². The molecule has 0 aliphatic carbocycles. The van der Waals surface area contributed by atoms with Gasteiger partial charge in [-0.25, -0.2) is 18.5 Å². The summed E-state index contributed by atoms with van der Waals surface area (Å²) in [4.78, 5) is 37.8. The Labute approximate surface area is 161 Å². The first kappa shape index (κ1) is 21.1. The van der Waals surface area contributed by atoms with Gasteiger partial charge in [-0.2, -0.15) is 5.26 Å². The summed E-state index contributed by atoms with van der Waals surface area (Å²) in [5.74, 6) is -1.88. The van der Waals surface area contributed by atoms with Gasteiger partial charge in [0.05, 0.1) is 22.9 Å². The maximum Gasteiger partial charge on any atom is 0.339 e. The number of esters is 1. The third-order valence-electron chi connectivity index (χ3n) is 4.14. The van der Waals surface area contributed by atoms with Crippen molar-refractivity contribution in [1.29, 1.82) is 5.26 Å². The highest BCUT2D eigenvalue weighted by molar-refractivity contribution is 5.93. The van der Waals surface area contributed by atoms with Crippen molar-refractivity contribution >= 4 is 5.97 Å². The number of hydrogen-bond acceptors (Lipinski definition) is 5. The van der Waals surface area contributed by atoms with E-state index in [1.54, 1.807) is 26.8 Å². The van der Waals surface area contributed by atoms with Crippen molar-refractivity contribution in [2.45, 2.75) is 53.2 Å². The summed E-state index contributed by atoms with van der Waals surface area (Å²) < 4.78 is 21.8. The maximum absolute atomic E-state index is 14.7. The van der Waals surface area contributed by atoms with Crippen LogP contribution in [0.3, 0.4) is 0 Å². The fourth-order valence-corrected chi connectivity index (χ4v) is 2.88. The molecule has 8 heteroatoms. The van der Waals surface area contributed by atoms with Crippen LogP contribution in [0.2, 0.25) is 0 Å². The molecular weight excluding hydrogens is 365 g/mol. The van der Waals surface area contributed by atoms with Gasteiger partial charge >= 0.3 is 11.7 Å². The van der Waals surface area contributed by atoms with Crippen LogP contribution in [0.5, 0.6) is 0 Å². The Morgan fingerprint density at radius 2 is 1.86 bits per heavy atom. The molecule has 0 fully saturated rings. The van der Waals surface area contributed by atoms with E-state index in [0.717, 1.165) is 12.1 Å². The Bertz CT molecular complexity index is 1070. The van der Waals surface area contributed by atoms with Crippen molar-refractivity contribution in [3.05, 3.63) is 61.7 Å². The number of carbonyl (C=O) groups is 1. The Morgan fingerprint density at radius 3 is 2.36 bits per heavy atom. The first-order valence-corrected chi connectivity index (χ1v) is 8.94. The number of rotatable bonds is 5. The lowest BCUT2D eigenvalue weighted by molar-refractivity contribution is 0.0377. The van der Waals surface area contributed by atoms with Gasteiger partial charge in [-0.05, 0) is 38.8 Å². The number of carbonyl (C=O) groups excluding carboxylic acids is 1. The highest BCUT2D eigenvalue weighted by Gasteiger charge is 2.22. The Kier molecular flexibility index (Phi) is 6.19. The van der Waals surface area contributed by atoms with Crippen molar-refractivity contribution in [2.75, 3.05) is 0 Å². The Hall–Kier alpha value is -3.21. The highest BCUT2D eigenvalue weighted by atomic mass is 19.1. The van der Waals surface area contributed by atoms with Gasteiger partial charge in [0.25, 0.3) is 5.56 Å². The molecule has 0 saturated carbocycles. The van der Waals surface area contributed by atoms with Gasteiger partial charge in [0, 0.05) is 18.3 Å². The van der Waals surface area contributed by atoms with Crippen LogP contribution in [0.4, 0.5) is 4.39 Å². The van der Waals surface area contributed by atoms with E-state index in [9.17, 15) is 24.0 Å². The average Bonchev–Trinajstić information content (AvgIpc) is 2.61. The Morgan fingerprint density at radius 1 is 1.21 bits per heavy atom. The van der Waals surface area contributed by atoms with Crippen molar-refractivity contribution in [1.82, 2.24) is 9.13 Å². The molecule has 0 aliphatic rings. The van der Waals surface area contributed by atoms with Crippen molar-refractivity contribution in [3.63, 3.8) is 0 Å². The zero-order valence-corrected chi connectivity index (χ0v) is 16.4. The van der Waals surface area contributed by atoms with Gasteiger partial charge < -0.3 is 4.74 Å². The second-order valence-electron chi connectivity index (χ2n) is 6.84. The van der Waals surface area contributed by atoms with Crippen molar-refractivity contribution in [2.24, 2.45) is 0 Å². The molecule has 0 aliphatic heterocycles. The van der Waals surface area contributed by atoms with E-state index in [0.29, 0.717) is 10.3 Å². The van der Waals surface area contributed by atoms with Crippen molar-refractivity contribution in [3.8, 4) is 11.8 Å². The molecule has 2 rings (SSSR count). The first-order chi connectivity index (χ1) is 13.1. The van der Waals surface area contributed by atoms with E-state index in [-0.39, 0.29) is 23.6 Å². The topological polar surface area (TPSA) is 94.1 Å². The van der Waals surface area contributed by atoms with Crippen LogP contribution < -0.4 is 11.2 Å². The molecule has 2 aromatic rings. The van der Waals surface area contributed by atoms with Crippen LogP contribution in [0.25, 0.3) is 5.69 Å². The molecule has 1 heterocycles. The molecule has 28 heavy (non-hydrogen) atoms. The molecule has 0 radical (unpaired) electrons. The standard InChI is InChI=1S/C20H22FN3O4/c1-6-23-16(11(2)3)9-18(25)24(20(23)27)17-8-14(19(26)28-12(4)5)13(10-22)7-15(17)21/h7-9,11-12H,6H2,1-5H3. The van der Waals surface area contributed by atoms with Crippen LogP contribution in [-0.4, -0.2) is 21.2 Å². The summed E-state index contributed by atoms with van der Waals surface area (Å²) in [6, 6.07) is 4.85. The van der Waals surface area contributed by atoms with Gasteiger partial charge in [0.1, 0.15) is 11.9 Å². The summed E-state index contributed by atoms with van der Waals surface area (Å²) in [6.07, 6.45) is -0.460. The van der Waals surface area contributed by atoms with Crippen LogP contribution in [0.1, 0.15) is 62.2 Å². The fourth-order valence-electron chi connectivity index (χ4n) is 2.88. The molecule has 0 N–H and O–H groups in total. The van der Waals surface area contributed by atoms with Crippen molar-refractivity contribution < 1.29 is 13.9 Å². The largest absolute Gasteiger partial charge is 0.459 e. The lowest BCUT2D eigenvalue weighted by Crippen LogP contribution is -2.40. The molecule has 1 aromatic carbocycles. The SMILES string of the molecule is CCn1c(C(C)C)cc(=O)n(-c2cc(C(=O)OC(C)C)c(C#N)cc2F)c1=O. The minimum Gasteiger partial charge on any atom is -0.459 e. The second kappa shape index (κ2) is 8.21. The van der Waals surface area contributed by atoms with Gasteiger partial charge in [-0.3, -0.25) is 9.36 Å². The lowest BCUT2D eigenvalue weighted by Gasteiger charge is -2.17. The molecule has 148 valence electrons. The van der Waals surface area contributed by atoms with Crippen LogP contribution >= 0.6 is 0 Å². The van der Waals surface area contributed by atoms with Crippen LogP contribution in [0.15, 0.2) is 27.8 Å². The number of benzene rings is 1. The first-order valence-electron chi connectivity index (χ1n) is 8.94. The molecule has 0 bridgehead atoms. The van der Waals surface area contributed by atoms with E-state index >= 15 is 0 Å². The molecule has 1 aromatic heterocycles. The molecule has 7 nitrogen and oxygen atoms in total. The zero-order chi connectivity index (χ0) is 21.2. The number of aromatic nitrogens is 2. The third kappa shape index (κ3) is 3.88. The minimum atomic E-state index is -0.961. The Balaban J connectivity index is 2.83. The fraction of sp³-hybridized carbons (Fsp3) is 0.400. The normalized spacial score (nSPS) is 11.0. The molecule has 0 amide bonds. The van der Waals surface area contributed by atoms with Crippen LogP contribution in [-0.2, 0) is 11.3 Å². The average molecular weight is 387 g/mol. The van der Waals surface area contributed by atoms with E-state index in [1.807, 2.05) is 13.8 Å². The lowest BCUT2D eigenvalue weighted by atomic mass is 10.1. The summed E-state index contributed by atoms with van der Waals surface area (Å²) >= 11 is 0. The summed E-state index contributed by atoms with van der Waals surface area (Å²) in [5, 5.41) is 9.22. The zero-order valence-electron chi connectivity index (χ0n) is 16.4. The predicted octanol–water partition coefficient (Wildman–Crippen LogP) is 2.72. The molecule has 0 saturated heterocycles. The number of hydrogen-bond donors (Lipinski definition) is 0. The number of nitriles is 1. The minimum absolute atomic E-state index is 0.0857. The number of nitrogens with zero attached hydrogens (tertiary/aromatic N) is 3. The smallest absolute Gasteiger partial charge is 0.339 e. The molecular formula is C20H22FN3O4. The van der Waals surface area contributed by atoms with E-state index in [1.165, 1.54) is 10.6 Å². The number of ether oxygens (including phenoxy) is 1. The second-order valence-corrected chi connectivity index (χ2v) is 6.84. The van der Waals surface area contributed by atoms with Gasteiger partial charge in [0.15, 0.2) is 0 Å². The summed E-state index contributed by atoms with van der Waals surface area (Å²) in [6.45, 7) is 8.96. The van der Waals surface area contributed by atoms with E-state index in [4.69, 9.17) is 4.74 Å². The molecule has 0 spiro atoms. The summed E-state index contributed by atoms with van der Waals surface area (Å²) in [5.41, 5.74) is -1.76. The third-order valence-corrected chi connectivity index (χ3v) is 4.14. The van der Waals surface area contributed by atoms with Gasteiger partial charge in [-0.1, -0.05) is 13.8 Å². The van der Waals surface area contributed by atoms with E-state index < -0.39 is 34.8 Å². The maximum atomic E-state index is 14.7. The molecule has 0 atom stereocenters. The van der Waals surface area contributed by atoms with Gasteiger partial charge in [-0.15, -0.1) is 0 Å². The van der Waals surface area contributed by atoms with Crippen LogP contribution in [0, 0.1) is 17.1 Å². The molecule has 0 unspecified atom stereocenters. The highest BCUT2D eigenvalue weighted by Crippen LogP contribution is 2.20. The monoisotopic (exact) mass is 387 g/mol. The predicted molar refractivity (Wildman–Crippen MR) is 101 cm³/mol. The van der Waals surface area contributed by atoms with E-state index in [2.05, 4.69) is 0 Å². The quantitative estimate of drug-likeness (QED) is 0.735. The summed E-state index contributed by atoms with van der Waals surface area (Å²) in [7, 11) is 0. The number of halogens is 1.